The van der Waals surface area contributed by atoms with Crippen molar-refractivity contribution in [3.05, 3.63) is 103 Å². The Labute approximate surface area is 234 Å². The Morgan fingerprint density at radius 1 is 0.850 bits per heavy atom. The van der Waals surface area contributed by atoms with E-state index < -0.39 is 9.85 Å². The Balaban J connectivity index is 1.39. The zero-order chi connectivity index (χ0) is 28.6. The number of carbonyl (C=O) groups excluding carboxylic acids is 2. The molecule has 0 aromatic heterocycles. The van der Waals surface area contributed by atoms with Gasteiger partial charge in [-0.05, 0) is 54.7 Å². The van der Waals surface area contributed by atoms with E-state index in [1.165, 1.54) is 24.3 Å². The molecule has 0 bridgehead atoms. The Hall–Kier alpha value is -4.35. The molecule has 0 unspecified atom stereocenters. The molecule has 0 fully saturated rings. The summed E-state index contributed by atoms with van der Waals surface area (Å²) in [5.74, 6) is -0.478. The fourth-order valence-corrected chi connectivity index (χ4v) is 5.67. The molecule has 0 spiro atoms. The van der Waals surface area contributed by atoms with Gasteiger partial charge in [-0.2, -0.15) is 0 Å². The topological polar surface area (TPSA) is 130 Å². The van der Waals surface area contributed by atoms with Crippen LogP contribution in [0.4, 0.5) is 22.7 Å². The number of nitro benzene ring substituents is 2. The van der Waals surface area contributed by atoms with Crippen molar-refractivity contribution in [1.82, 2.24) is 4.90 Å². The van der Waals surface area contributed by atoms with Gasteiger partial charge in [0.25, 0.3) is 11.4 Å². The fraction of sp³-hybridized carbons (Fsp3) is 0.286. The molecule has 12 heteroatoms. The average molecular weight is 564 g/mol. The summed E-state index contributed by atoms with van der Waals surface area (Å²) in [6.45, 7) is 2.47. The van der Waals surface area contributed by atoms with E-state index >= 15 is 0 Å². The van der Waals surface area contributed by atoms with Crippen LogP contribution in [-0.2, 0) is 22.4 Å². The first-order valence-electron chi connectivity index (χ1n) is 12.8. The predicted molar refractivity (Wildman–Crippen MR) is 150 cm³/mol. The molecule has 40 heavy (non-hydrogen) atoms. The van der Waals surface area contributed by atoms with Crippen molar-refractivity contribution in [2.45, 2.75) is 25.8 Å². The van der Waals surface area contributed by atoms with Crippen LogP contribution in [0.5, 0.6) is 0 Å². The number of anilines is 2. The first-order valence-corrected chi connectivity index (χ1v) is 13.2. The highest BCUT2D eigenvalue weighted by Crippen LogP contribution is 2.34. The molecule has 3 aromatic rings. The minimum absolute atomic E-state index is 0.0242. The molecule has 2 heterocycles. The van der Waals surface area contributed by atoms with E-state index in [0.29, 0.717) is 42.3 Å². The van der Waals surface area contributed by atoms with Gasteiger partial charge in [0, 0.05) is 59.8 Å². The molecule has 0 radical (unpaired) electrons. The van der Waals surface area contributed by atoms with Crippen molar-refractivity contribution in [1.29, 1.82) is 0 Å². The quantitative estimate of drug-likeness (QED) is 0.287. The molecule has 2 amide bonds. The van der Waals surface area contributed by atoms with E-state index in [1.54, 1.807) is 39.0 Å². The van der Waals surface area contributed by atoms with Crippen LogP contribution in [0.25, 0.3) is 0 Å². The minimum atomic E-state index is -0.460. The third kappa shape index (κ3) is 5.25. The normalized spacial score (nSPS) is 14.7. The fourth-order valence-electron chi connectivity index (χ4n) is 5.38. The monoisotopic (exact) mass is 563 g/mol. The van der Waals surface area contributed by atoms with E-state index in [2.05, 4.69) is 0 Å². The molecule has 0 saturated heterocycles. The number of rotatable bonds is 8. The summed E-state index contributed by atoms with van der Waals surface area (Å²) < 4.78 is 0. The minimum Gasteiger partial charge on any atom is -0.311 e. The van der Waals surface area contributed by atoms with Crippen LogP contribution in [0.2, 0.25) is 5.02 Å². The lowest BCUT2D eigenvalue weighted by atomic mass is 10.1. The molecular formula is C28H26ClN5O6. The van der Waals surface area contributed by atoms with Gasteiger partial charge < -0.3 is 9.80 Å². The van der Waals surface area contributed by atoms with Gasteiger partial charge in [0.2, 0.25) is 11.8 Å². The lowest BCUT2D eigenvalue weighted by molar-refractivity contribution is -0.385. The van der Waals surface area contributed by atoms with E-state index in [4.69, 9.17) is 11.6 Å². The zero-order valence-electron chi connectivity index (χ0n) is 21.7. The van der Waals surface area contributed by atoms with Crippen molar-refractivity contribution < 1.29 is 19.4 Å². The second kappa shape index (κ2) is 11.0. The second-order valence-electron chi connectivity index (χ2n) is 9.83. The van der Waals surface area contributed by atoms with Crippen molar-refractivity contribution in [2.24, 2.45) is 0 Å². The number of carbonyl (C=O) groups is 2. The smallest absolute Gasteiger partial charge is 0.269 e. The van der Waals surface area contributed by atoms with Crippen molar-refractivity contribution >= 4 is 46.2 Å². The zero-order valence-corrected chi connectivity index (χ0v) is 22.4. The molecule has 5 rings (SSSR count). The van der Waals surface area contributed by atoms with Crippen molar-refractivity contribution in [3.8, 4) is 0 Å². The number of hydrogen-bond acceptors (Lipinski definition) is 7. The van der Waals surface area contributed by atoms with Gasteiger partial charge in [0.1, 0.15) is 0 Å². The van der Waals surface area contributed by atoms with E-state index in [-0.39, 0.29) is 42.3 Å². The summed E-state index contributed by atoms with van der Waals surface area (Å²) in [6, 6.07) is 15.8. The molecule has 2 aliphatic heterocycles. The molecule has 0 aliphatic carbocycles. The maximum Gasteiger partial charge on any atom is 0.269 e. The lowest BCUT2D eigenvalue weighted by Crippen LogP contribution is -2.46. The van der Waals surface area contributed by atoms with Crippen LogP contribution in [-0.4, -0.2) is 52.7 Å². The van der Waals surface area contributed by atoms with E-state index in [9.17, 15) is 29.8 Å². The van der Waals surface area contributed by atoms with Gasteiger partial charge in [-0.25, -0.2) is 0 Å². The lowest BCUT2D eigenvalue weighted by Gasteiger charge is -2.32. The summed E-state index contributed by atoms with van der Waals surface area (Å²) in [4.78, 5) is 53.6. The number of non-ortho nitro benzene ring substituents is 2. The highest BCUT2D eigenvalue weighted by molar-refractivity contribution is 6.31. The van der Waals surface area contributed by atoms with Gasteiger partial charge in [0.05, 0.1) is 22.9 Å². The van der Waals surface area contributed by atoms with Crippen LogP contribution in [0.1, 0.15) is 29.7 Å². The van der Waals surface area contributed by atoms with Crippen molar-refractivity contribution in [2.75, 3.05) is 36.0 Å². The number of nitro groups is 2. The van der Waals surface area contributed by atoms with Crippen LogP contribution in [0.3, 0.4) is 0 Å². The molecule has 11 nitrogen and oxygen atoms in total. The number of fused-ring (bicyclic) bond motifs is 2. The maximum atomic E-state index is 13.6. The maximum absolute atomic E-state index is 13.6. The Kier molecular flexibility index (Phi) is 7.51. The molecule has 206 valence electrons. The average Bonchev–Trinajstić information content (AvgIpc) is 3.56. The Morgan fingerprint density at radius 2 is 1.32 bits per heavy atom. The third-order valence-electron chi connectivity index (χ3n) is 7.52. The van der Waals surface area contributed by atoms with E-state index in [1.807, 2.05) is 19.1 Å². The molecule has 1 atom stereocenters. The van der Waals surface area contributed by atoms with Gasteiger partial charge >= 0.3 is 0 Å². The Morgan fingerprint density at radius 3 is 1.77 bits per heavy atom. The van der Waals surface area contributed by atoms with Crippen LogP contribution < -0.4 is 9.80 Å². The molecule has 3 aromatic carbocycles. The van der Waals surface area contributed by atoms with Gasteiger partial charge in [-0.3, -0.25) is 34.7 Å². The summed E-state index contributed by atoms with van der Waals surface area (Å²) in [7, 11) is 0. The molecule has 0 N–H and O–H groups in total. The highest BCUT2D eigenvalue weighted by Gasteiger charge is 2.33. The largest absolute Gasteiger partial charge is 0.311 e. The summed E-state index contributed by atoms with van der Waals surface area (Å²) in [6.07, 6.45) is 0.997. The SMILES string of the molecule is C[C@@H](c1ccccc1Cl)N(CC(=O)N1CCc2cc([N+](=O)[O-])ccc21)CC(=O)N1CCc2cc([N+](=O)[O-])ccc21. The summed E-state index contributed by atoms with van der Waals surface area (Å²) in [5.41, 5.74) is 3.43. The van der Waals surface area contributed by atoms with Crippen molar-refractivity contribution in [3.63, 3.8) is 0 Å². The summed E-state index contributed by atoms with van der Waals surface area (Å²) in [5, 5.41) is 22.9. The predicted octanol–water partition coefficient (Wildman–Crippen LogP) is 4.70. The molecule has 0 saturated carbocycles. The molecular weight excluding hydrogens is 538 g/mol. The number of nitrogens with zero attached hydrogens (tertiary/aromatic N) is 5. The number of amides is 2. The number of halogens is 1. The standard InChI is InChI=1S/C28H26ClN5O6/c1-18(23-4-2-3-5-24(23)29)30(16-27(35)31-12-10-19-14-21(33(37)38)6-8-25(19)31)17-28(36)32-13-11-20-15-22(34(39)40)7-9-26(20)32/h2-9,14-15,18H,10-13,16-17H2,1H3/t18-/m0/s1. The Bertz CT molecular complexity index is 1440. The van der Waals surface area contributed by atoms with Crippen LogP contribution >= 0.6 is 11.6 Å². The number of hydrogen-bond donors (Lipinski definition) is 0. The van der Waals surface area contributed by atoms with Gasteiger partial charge in [-0.1, -0.05) is 29.8 Å². The second-order valence-corrected chi connectivity index (χ2v) is 10.2. The highest BCUT2D eigenvalue weighted by atomic mass is 35.5. The van der Waals surface area contributed by atoms with Crippen LogP contribution in [0.15, 0.2) is 60.7 Å². The summed E-state index contributed by atoms with van der Waals surface area (Å²) >= 11 is 6.48. The third-order valence-corrected chi connectivity index (χ3v) is 7.86. The first-order chi connectivity index (χ1) is 19.1. The van der Waals surface area contributed by atoms with E-state index in [0.717, 1.165) is 16.7 Å². The van der Waals surface area contributed by atoms with Gasteiger partial charge in [-0.15, -0.1) is 0 Å². The number of benzene rings is 3. The van der Waals surface area contributed by atoms with Gasteiger partial charge in [0.15, 0.2) is 0 Å². The first kappa shape index (κ1) is 27.2. The molecule has 2 aliphatic rings. The van der Waals surface area contributed by atoms with Crippen LogP contribution in [0, 0.1) is 20.2 Å².